The van der Waals surface area contributed by atoms with E-state index >= 15 is 0 Å². The second-order valence-corrected chi connectivity index (χ2v) is 3.44. The van der Waals surface area contributed by atoms with E-state index in [0.717, 1.165) is 11.3 Å². The van der Waals surface area contributed by atoms with E-state index in [9.17, 15) is 5.11 Å². The van der Waals surface area contributed by atoms with Crippen molar-refractivity contribution < 1.29 is 9.84 Å². The van der Waals surface area contributed by atoms with Gasteiger partial charge in [0, 0.05) is 0 Å². The molecule has 0 aromatic heterocycles. The van der Waals surface area contributed by atoms with Gasteiger partial charge in [0.2, 0.25) is 0 Å². The maximum Gasteiger partial charge on any atom is 0.119 e. The van der Waals surface area contributed by atoms with Crippen LogP contribution in [0.5, 0.6) is 5.75 Å². The monoisotopic (exact) mass is 192 g/mol. The molecule has 0 aliphatic rings. The van der Waals surface area contributed by atoms with Crippen LogP contribution in [0.15, 0.2) is 42.5 Å². The minimum absolute atomic E-state index is 0.316. The van der Waals surface area contributed by atoms with Crippen molar-refractivity contribution in [2.75, 3.05) is 6.61 Å². The molecule has 76 valence electrons. The standard InChI is InChI=1S/C12H16O2/c1-10(2)8-11(13)9-14-12-6-4-3-5-7-12/h3-7,11,13H,1,8-9H2,2H3. The summed E-state index contributed by atoms with van der Waals surface area (Å²) in [5, 5.41) is 9.50. The van der Waals surface area contributed by atoms with Crippen LogP contribution in [0.2, 0.25) is 0 Å². The molecule has 0 saturated carbocycles. The summed E-state index contributed by atoms with van der Waals surface area (Å²) in [5.74, 6) is 0.785. The molecule has 0 bridgehead atoms. The molecule has 1 rings (SSSR count). The van der Waals surface area contributed by atoms with Crippen LogP contribution in [0.3, 0.4) is 0 Å². The molecule has 14 heavy (non-hydrogen) atoms. The molecular weight excluding hydrogens is 176 g/mol. The Morgan fingerprint density at radius 3 is 2.64 bits per heavy atom. The van der Waals surface area contributed by atoms with Crippen molar-refractivity contribution in [3.63, 3.8) is 0 Å². The van der Waals surface area contributed by atoms with Crippen molar-refractivity contribution in [3.05, 3.63) is 42.5 Å². The van der Waals surface area contributed by atoms with Gasteiger partial charge in [-0.2, -0.15) is 0 Å². The van der Waals surface area contributed by atoms with Crippen LogP contribution in [0.1, 0.15) is 13.3 Å². The Morgan fingerprint density at radius 1 is 1.43 bits per heavy atom. The molecule has 0 aliphatic heterocycles. The first-order chi connectivity index (χ1) is 6.68. The maximum atomic E-state index is 9.50. The SMILES string of the molecule is C=C(C)CC(O)COc1ccccc1. The quantitative estimate of drug-likeness (QED) is 0.726. The summed E-state index contributed by atoms with van der Waals surface area (Å²) in [6.45, 7) is 5.95. The van der Waals surface area contributed by atoms with Crippen LogP contribution in [-0.2, 0) is 0 Å². The number of rotatable bonds is 5. The molecule has 1 aromatic rings. The van der Waals surface area contributed by atoms with E-state index in [2.05, 4.69) is 6.58 Å². The van der Waals surface area contributed by atoms with Gasteiger partial charge in [0.05, 0.1) is 6.10 Å². The maximum absolute atomic E-state index is 9.50. The lowest BCUT2D eigenvalue weighted by Crippen LogP contribution is -2.17. The zero-order valence-electron chi connectivity index (χ0n) is 8.44. The fourth-order valence-corrected chi connectivity index (χ4v) is 1.17. The molecule has 1 atom stereocenters. The van der Waals surface area contributed by atoms with Crippen LogP contribution >= 0.6 is 0 Å². The Balaban J connectivity index is 2.30. The molecule has 2 heteroatoms. The van der Waals surface area contributed by atoms with E-state index < -0.39 is 6.10 Å². The molecule has 1 unspecified atom stereocenters. The van der Waals surface area contributed by atoms with Crippen molar-refractivity contribution in [3.8, 4) is 5.75 Å². The highest BCUT2D eigenvalue weighted by Crippen LogP contribution is 2.10. The average molecular weight is 192 g/mol. The lowest BCUT2D eigenvalue weighted by Gasteiger charge is -2.11. The first-order valence-corrected chi connectivity index (χ1v) is 4.69. The largest absolute Gasteiger partial charge is 0.491 e. The van der Waals surface area contributed by atoms with E-state index in [0.29, 0.717) is 13.0 Å². The number of hydrogen-bond donors (Lipinski definition) is 1. The van der Waals surface area contributed by atoms with E-state index in [1.54, 1.807) is 0 Å². The van der Waals surface area contributed by atoms with Gasteiger partial charge in [-0.1, -0.05) is 23.8 Å². The Kier molecular flexibility index (Phi) is 4.20. The summed E-state index contributed by atoms with van der Waals surface area (Å²) in [4.78, 5) is 0. The van der Waals surface area contributed by atoms with Gasteiger partial charge in [0.15, 0.2) is 0 Å². The highest BCUT2D eigenvalue weighted by Gasteiger charge is 2.04. The second kappa shape index (κ2) is 5.45. The van der Waals surface area contributed by atoms with Gasteiger partial charge < -0.3 is 9.84 Å². The number of hydrogen-bond acceptors (Lipinski definition) is 2. The summed E-state index contributed by atoms with van der Waals surface area (Å²) in [7, 11) is 0. The van der Waals surface area contributed by atoms with Gasteiger partial charge >= 0.3 is 0 Å². The lowest BCUT2D eigenvalue weighted by molar-refractivity contribution is 0.108. The first-order valence-electron chi connectivity index (χ1n) is 4.69. The Bertz CT molecular complexity index is 280. The number of aliphatic hydroxyl groups is 1. The summed E-state index contributed by atoms with van der Waals surface area (Å²) in [6, 6.07) is 9.47. The van der Waals surface area contributed by atoms with E-state index in [-0.39, 0.29) is 0 Å². The van der Waals surface area contributed by atoms with Gasteiger partial charge in [-0.05, 0) is 25.5 Å². The Hall–Kier alpha value is -1.28. The summed E-state index contributed by atoms with van der Waals surface area (Å²) in [6.07, 6.45) is 0.125. The third kappa shape index (κ3) is 4.10. The molecule has 0 saturated heterocycles. The Morgan fingerprint density at radius 2 is 2.07 bits per heavy atom. The highest BCUT2D eigenvalue weighted by molar-refractivity contribution is 5.20. The second-order valence-electron chi connectivity index (χ2n) is 3.44. The fourth-order valence-electron chi connectivity index (χ4n) is 1.17. The van der Waals surface area contributed by atoms with Crippen molar-refractivity contribution in [1.82, 2.24) is 0 Å². The zero-order valence-corrected chi connectivity index (χ0v) is 8.44. The van der Waals surface area contributed by atoms with Crippen LogP contribution in [0.25, 0.3) is 0 Å². The van der Waals surface area contributed by atoms with Crippen LogP contribution in [-0.4, -0.2) is 17.8 Å². The lowest BCUT2D eigenvalue weighted by atomic mass is 10.1. The van der Waals surface area contributed by atoms with E-state index in [1.165, 1.54) is 0 Å². The van der Waals surface area contributed by atoms with Gasteiger partial charge in [-0.25, -0.2) is 0 Å². The number of ether oxygens (including phenoxy) is 1. The molecule has 0 spiro atoms. The number of aliphatic hydroxyl groups excluding tert-OH is 1. The molecule has 1 N–H and O–H groups in total. The van der Waals surface area contributed by atoms with Crippen LogP contribution in [0.4, 0.5) is 0 Å². The molecular formula is C12H16O2. The molecule has 0 aliphatic carbocycles. The van der Waals surface area contributed by atoms with Gasteiger partial charge in [-0.15, -0.1) is 6.58 Å². The molecule has 0 heterocycles. The fraction of sp³-hybridized carbons (Fsp3) is 0.333. The first kappa shape index (κ1) is 10.8. The number of para-hydroxylation sites is 1. The van der Waals surface area contributed by atoms with E-state index in [1.807, 2.05) is 37.3 Å². The van der Waals surface area contributed by atoms with Gasteiger partial charge in [-0.3, -0.25) is 0 Å². The minimum Gasteiger partial charge on any atom is -0.491 e. The molecule has 2 nitrogen and oxygen atoms in total. The third-order valence-electron chi connectivity index (χ3n) is 1.77. The smallest absolute Gasteiger partial charge is 0.119 e. The van der Waals surface area contributed by atoms with Crippen molar-refractivity contribution in [2.24, 2.45) is 0 Å². The van der Waals surface area contributed by atoms with Crippen molar-refractivity contribution >= 4 is 0 Å². The van der Waals surface area contributed by atoms with E-state index in [4.69, 9.17) is 4.74 Å². The zero-order chi connectivity index (χ0) is 10.4. The molecule has 0 fully saturated rings. The van der Waals surface area contributed by atoms with Crippen LogP contribution in [0, 0.1) is 0 Å². The van der Waals surface area contributed by atoms with Gasteiger partial charge in [0.1, 0.15) is 12.4 Å². The normalized spacial score (nSPS) is 12.1. The minimum atomic E-state index is -0.465. The average Bonchev–Trinajstić information content (AvgIpc) is 2.15. The molecule has 0 amide bonds. The van der Waals surface area contributed by atoms with Crippen molar-refractivity contribution in [1.29, 1.82) is 0 Å². The molecule has 0 radical (unpaired) electrons. The number of benzene rings is 1. The predicted octanol–water partition coefficient (Wildman–Crippen LogP) is 2.39. The topological polar surface area (TPSA) is 29.5 Å². The predicted molar refractivity (Wildman–Crippen MR) is 57.4 cm³/mol. The van der Waals surface area contributed by atoms with Crippen molar-refractivity contribution in [2.45, 2.75) is 19.4 Å². The Labute approximate surface area is 84.8 Å². The third-order valence-corrected chi connectivity index (χ3v) is 1.77. The highest BCUT2D eigenvalue weighted by atomic mass is 16.5. The summed E-state index contributed by atoms with van der Waals surface area (Å²) < 4.78 is 5.38. The summed E-state index contributed by atoms with van der Waals surface area (Å²) in [5.41, 5.74) is 0.967. The molecule has 1 aromatic carbocycles. The summed E-state index contributed by atoms with van der Waals surface area (Å²) >= 11 is 0. The van der Waals surface area contributed by atoms with Crippen LogP contribution < -0.4 is 4.74 Å². The van der Waals surface area contributed by atoms with Gasteiger partial charge in [0.25, 0.3) is 0 Å².